The Morgan fingerprint density at radius 3 is 1.94 bits per heavy atom. The summed E-state index contributed by atoms with van der Waals surface area (Å²) in [6.45, 7) is 0. The van der Waals surface area contributed by atoms with Gasteiger partial charge in [0.15, 0.2) is 5.78 Å². The molecule has 3 aromatic carbocycles. The van der Waals surface area contributed by atoms with E-state index in [0.29, 0.717) is 45.4 Å². The Balaban J connectivity index is 1.54. The normalized spacial score (nSPS) is 17.1. The summed E-state index contributed by atoms with van der Waals surface area (Å²) in [5.41, 5.74) is 1.74. The van der Waals surface area contributed by atoms with Crippen LogP contribution >= 0.6 is 23.2 Å². The van der Waals surface area contributed by atoms with Crippen molar-refractivity contribution in [2.75, 3.05) is 10.6 Å². The molecule has 0 heterocycles. The fraction of sp³-hybridized carbons (Fsp3) is 0.148. The predicted molar refractivity (Wildman–Crippen MR) is 135 cm³/mol. The summed E-state index contributed by atoms with van der Waals surface area (Å²) in [5, 5.41) is 6.68. The van der Waals surface area contributed by atoms with Crippen molar-refractivity contribution in [1.29, 1.82) is 0 Å². The van der Waals surface area contributed by atoms with E-state index in [2.05, 4.69) is 10.6 Å². The number of amides is 2. The third-order valence-electron chi connectivity index (χ3n) is 5.74. The predicted octanol–water partition coefficient (Wildman–Crippen LogP) is 6.38. The number of halogens is 2. The smallest absolute Gasteiger partial charge is 0.228 e. The van der Waals surface area contributed by atoms with Crippen LogP contribution in [0.15, 0.2) is 84.9 Å². The van der Waals surface area contributed by atoms with E-state index in [-0.39, 0.29) is 17.6 Å². The lowest BCUT2D eigenvalue weighted by Crippen LogP contribution is -2.37. The van der Waals surface area contributed by atoms with E-state index < -0.39 is 11.8 Å². The molecule has 1 aliphatic rings. The monoisotopic (exact) mass is 492 g/mol. The Hall–Kier alpha value is -3.41. The topological polar surface area (TPSA) is 75.3 Å². The van der Waals surface area contributed by atoms with Gasteiger partial charge in [-0.05, 0) is 55.3 Å². The minimum Gasteiger partial charge on any atom is -0.326 e. The first-order chi connectivity index (χ1) is 16.4. The van der Waals surface area contributed by atoms with Gasteiger partial charge in [-0.25, -0.2) is 0 Å². The summed E-state index contributed by atoms with van der Waals surface area (Å²) >= 11 is 12.1. The second kappa shape index (κ2) is 10.7. The van der Waals surface area contributed by atoms with E-state index in [1.807, 2.05) is 18.2 Å². The van der Waals surface area contributed by atoms with Crippen LogP contribution < -0.4 is 10.6 Å². The molecule has 0 radical (unpaired) electrons. The third kappa shape index (κ3) is 5.56. The van der Waals surface area contributed by atoms with Gasteiger partial charge >= 0.3 is 0 Å². The molecule has 34 heavy (non-hydrogen) atoms. The van der Waals surface area contributed by atoms with Crippen LogP contribution in [-0.4, -0.2) is 17.6 Å². The number of benzene rings is 3. The SMILES string of the molecule is O=C(c1ccccc1)c1cc(Cl)ccc1NC(=O)C1CC=CCC1C(=O)Nc1ccc(Cl)cc1. The number of nitrogens with one attached hydrogen (secondary N) is 2. The molecule has 2 N–H and O–H groups in total. The number of ketones is 1. The van der Waals surface area contributed by atoms with Crippen molar-refractivity contribution in [3.8, 4) is 0 Å². The minimum absolute atomic E-state index is 0.247. The standard InChI is InChI=1S/C27H22Cl2N2O3/c28-18-10-13-20(14-11-18)30-26(33)21-8-4-5-9-22(21)27(34)31-24-15-12-19(29)16-23(24)25(32)17-6-2-1-3-7-17/h1-7,10-16,21-22H,8-9H2,(H,30,33)(H,31,34). The molecule has 2 atom stereocenters. The van der Waals surface area contributed by atoms with Crippen LogP contribution in [-0.2, 0) is 9.59 Å². The summed E-state index contributed by atoms with van der Waals surface area (Å²) in [5.74, 6) is -1.97. The molecule has 0 bridgehead atoms. The van der Waals surface area contributed by atoms with Crippen LogP contribution in [0.3, 0.4) is 0 Å². The van der Waals surface area contributed by atoms with E-state index in [0.717, 1.165) is 0 Å². The van der Waals surface area contributed by atoms with E-state index in [9.17, 15) is 14.4 Å². The number of hydrogen-bond donors (Lipinski definition) is 2. The van der Waals surface area contributed by atoms with Gasteiger partial charge in [0, 0.05) is 26.9 Å². The highest BCUT2D eigenvalue weighted by atomic mass is 35.5. The summed E-state index contributed by atoms with van der Waals surface area (Å²) in [7, 11) is 0. The highest BCUT2D eigenvalue weighted by molar-refractivity contribution is 6.31. The fourth-order valence-electron chi connectivity index (χ4n) is 3.95. The first kappa shape index (κ1) is 23.7. The van der Waals surface area contributed by atoms with Crippen LogP contribution in [0.4, 0.5) is 11.4 Å². The molecular weight excluding hydrogens is 471 g/mol. The molecule has 0 aromatic heterocycles. The van der Waals surface area contributed by atoms with Crippen LogP contribution in [0.25, 0.3) is 0 Å². The van der Waals surface area contributed by atoms with Crippen molar-refractivity contribution in [3.05, 3.63) is 106 Å². The molecule has 5 nitrogen and oxygen atoms in total. The Morgan fingerprint density at radius 2 is 1.29 bits per heavy atom. The molecule has 1 aliphatic carbocycles. The Kier molecular flexibility index (Phi) is 7.46. The molecule has 172 valence electrons. The van der Waals surface area contributed by atoms with Gasteiger partial charge in [-0.1, -0.05) is 65.7 Å². The molecule has 0 spiro atoms. The lowest BCUT2D eigenvalue weighted by Gasteiger charge is -2.27. The molecular formula is C27H22Cl2N2O3. The maximum atomic E-state index is 13.3. The molecule has 0 aliphatic heterocycles. The summed E-state index contributed by atoms with van der Waals surface area (Å²) in [4.78, 5) is 39.4. The number of rotatable bonds is 6. The van der Waals surface area contributed by atoms with Gasteiger partial charge in [-0.15, -0.1) is 0 Å². The van der Waals surface area contributed by atoms with Gasteiger partial charge in [0.05, 0.1) is 17.5 Å². The van der Waals surface area contributed by atoms with Crippen molar-refractivity contribution < 1.29 is 14.4 Å². The lowest BCUT2D eigenvalue weighted by molar-refractivity contribution is -0.129. The zero-order valence-corrected chi connectivity index (χ0v) is 19.6. The van der Waals surface area contributed by atoms with Gasteiger partial charge in [0.1, 0.15) is 0 Å². The third-order valence-corrected chi connectivity index (χ3v) is 6.22. The molecule has 2 unspecified atom stereocenters. The van der Waals surface area contributed by atoms with Crippen LogP contribution in [0, 0.1) is 11.8 Å². The maximum Gasteiger partial charge on any atom is 0.228 e. The zero-order valence-electron chi connectivity index (χ0n) is 18.1. The molecule has 0 fully saturated rings. The molecule has 4 rings (SSSR count). The highest BCUT2D eigenvalue weighted by Gasteiger charge is 2.34. The molecule has 7 heteroatoms. The van der Waals surface area contributed by atoms with E-state index in [1.165, 1.54) is 6.07 Å². The fourth-order valence-corrected chi connectivity index (χ4v) is 4.24. The largest absolute Gasteiger partial charge is 0.326 e. The van der Waals surface area contributed by atoms with Gasteiger partial charge in [-0.3, -0.25) is 14.4 Å². The molecule has 3 aromatic rings. The second-order valence-electron chi connectivity index (χ2n) is 8.03. The van der Waals surface area contributed by atoms with Gasteiger partial charge < -0.3 is 10.6 Å². The number of anilines is 2. The van der Waals surface area contributed by atoms with Gasteiger partial charge in [-0.2, -0.15) is 0 Å². The van der Waals surface area contributed by atoms with Crippen molar-refractivity contribution in [2.45, 2.75) is 12.8 Å². The zero-order chi connectivity index (χ0) is 24.1. The van der Waals surface area contributed by atoms with Crippen LogP contribution in [0.1, 0.15) is 28.8 Å². The first-order valence-electron chi connectivity index (χ1n) is 10.8. The van der Waals surface area contributed by atoms with Gasteiger partial charge in [0.25, 0.3) is 0 Å². The lowest BCUT2D eigenvalue weighted by atomic mass is 9.81. The average molecular weight is 493 g/mol. The number of allylic oxidation sites excluding steroid dienone is 2. The first-order valence-corrected chi connectivity index (χ1v) is 11.6. The van der Waals surface area contributed by atoms with E-state index >= 15 is 0 Å². The van der Waals surface area contributed by atoms with Crippen molar-refractivity contribution >= 4 is 52.2 Å². The van der Waals surface area contributed by atoms with E-state index in [1.54, 1.807) is 60.7 Å². The average Bonchev–Trinajstić information content (AvgIpc) is 2.86. The van der Waals surface area contributed by atoms with E-state index in [4.69, 9.17) is 23.2 Å². The quantitative estimate of drug-likeness (QED) is 0.309. The Morgan fingerprint density at radius 1 is 0.706 bits per heavy atom. The summed E-state index contributed by atoms with van der Waals surface area (Å²) in [6.07, 6.45) is 4.66. The maximum absolute atomic E-state index is 13.3. The molecule has 0 saturated heterocycles. The number of hydrogen-bond acceptors (Lipinski definition) is 3. The van der Waals surface area contributed by atoms with Crippen LogP contribution in [0.2, 0.25) is 10.0 Å². The number of carbonyl (C=O) groups is 3. The summed E-state index contributed by atoms with van der Waals surface area (Å²) in [6, 6.07) is 20.3. The second-order valence-corrected chi connectivity index (χ2v) is 8.90. The van der Waals surface area contributed by atoms with Crippen LogP contribution in [0.5, 0.6) is 0 Å². The van der Waals surface area contributed by atoms with Crippen molar-refractivity contribution in [2.24, 2.45) is 11.8 Å². The highest BCUT2D eigenvalue weighted by Crippen LogP contribution is 2.30. The molecule has 0 saturated carbocycles. The molecule has 2 amide bonds. The Bertz CT molecular complexity index is 1240. The minimum atomic E-state index is -0.590. The number of carbonyl (C=O) groups excluding carboxylic acids is 3. The van der Waals surface area contributed by atoms with Crippen molar-refractivity contribution in [1.82, 2.24) is 0 Å². The van der Waals surface area contributed by atoms with Crippen molar-refractivity contribution in [3.63, 3.8) is 0 Å². The summed E-state index contributed by atoms with van der Waals surface area (Å²) < 4.78 is 0. The van der Waals surface area contributed by atoms with Gasteiger partial charge in [0.2, 0.25) is 11.8 Å². The Labute approximate surface area is 207 Å².